The van der Waals surface area contributed by atoms with Crippen molar-refractivity contribution in [3.63, 3.8) is 0 Å². The lowest BCUT2D eigenvalue weighted by molar-refractivity contribution is -0.117. The van der Waals surface area contributed by atoms with Crippen molar-refractivity contribution in [3.05, 3.63) is 47.0 Å². The Morgan fingerprint density at radius 3 is 2.48 bits per heavy atom. The molecule has 23 heavy (non-hydrogen) atoms. The molecule has 2 N–H and O–H groups in total. The summed E-state index contributed by atoms with van der Waals surface area (Å²) in [6.45, 7) is 0.454. The molecule has 0 aliphatic heterocycles. The molecule has 0 aromatic heterocycles. The maximum Gasteiger partial charge on any atom is 0.247 e. The third kappa shape index (κ3) is 5.80. The van der Waals surface area contributed by atoms with Gasteiger partial charge in [0.1, 0.15) is 0 Å². The number of carbonyl (C=O) groups is 1. The van der Waals surface area contributed by atoms with E-state index in [2.05, 4.69) is 10.0 Å². The van der Waals surface area contributed by atoms with Crippen LogP contribution in [0.5, 0.6) is 0 Å². The molecule has 1 aliphatic rings. The lowest BCUT2D eigenvalue weighted by Gasteiger charge is -2.09. The predicted octanol–water partition coefficient (Wildman–Crippen LogP) is 2.24. The van der Waals surface area contributed by atoms with Gasteiger partial charge >= 0.3 is 0 Å². The molecule has 0 spiro atoms. The Balaban J connectivity index is 1.88. The first-order valence-corrected chi connectivity index (χ1v) is 9.62. The molecule has 0 heterocycles. The van der Waals surface area contributed by atoms with Gasteiger partial charge in [-0.1, -0.05) is 36.8 Å². The van der Waals surface area contributed by atoms with E-state index >= 15 is 0 Å². The van der Waals surface area contributed by atoms with Crippen LogP contribution in [0.3, 0.4) is 0 Å². The molecule has 0 saturated heterocycles. The standard InChI is InChI=1S/C17H24N2O3S/c1-18-23(21,22)13-15-10-8-14(9-11-15)12-19-17(20)16-6-4-2-3-5-7-16/h6,8-11,18H,2-5,7,12-13H2,1H3,(H,19,20). The van der Waals surface area contributed by atoms with Gasteiger partial charge in [0, 0.05) is 12.1 Å². The van der Waals surface area contributed by atoms with Crippen LogP contribution in [0.25, 0.3) is 0 Å². The molecule has 1 aromatic rings. The van der Waals surface area contributed by atoms with Crippen molar-refractivity contribution in [2.45, 2.75) is 44.4 Å². The largest absolute Gasteiger partial charge is 0.348 e. The number of allylic oxidation sites excluding steroid dienone is 1. The highest BCUT2D eigenvalue weighted by atomic mass is 32.2. The second-order valence-corrected chi connectivity index (χ2v) is 7.72. The van der Waals surface area contributed by atoms with E-state index in [1.165, 1.54) is 13.5 Å². The Kier molecular flexibility index (Phi) is 6.36. The average molecular weight is 336 g/mol. The van der Waals surface area contributed by atoms with E-state index in [0.29, 0.717) is 6.54 Å². The topological polar surface area (TPSA) is 75.3 Å². The SMILES string of the molecule is CNS(=O)(=O)Cc1ccc(CNC(=O)C2=CCCCCC2)cc1. The predicted molar refractivity (Wildman–Crippen MR) is 91.1 cm³/mol. The van der Waals surface area contributed by atoms with Gasteiger partial charge in [0.05, 0.1) is 5.75 Å². The van der Waals surface area contributed by atoms with E-state index in [9.17, 15) is 13.2 Å². The Morgan fingerprint density at radius 2 is 1.78 bits per heavy atom. The molecule has 0 atom stereocenters. The molecule has 0 fully saturated rings. The Hall–Kier alpha value is -1.66. The molecule has 1 aromatic carbocycles. The van der Waals surface area contributed by atoms with E-state index in [0.717, 1.165) is 42.4 Å². The van der Waals surface area contributed by atoms with Gasteiger partial charge in [-0.25, -0.2) is 13.1 Å². The first-order valence-electron chi connectivity index (χ1n) is 7.96. The second-order valence-electron chi connectivity index (χ2n) is 5.79. The first kappa shape index (κ1) is 17.7. The Labute approximate surface area is 138 Å². The lowest BCUT2D eigenvalue weighted by atomic mass is 10.1. The summed E-state index contributed by atoms with van der Waals surface area (Å²) in [5.41, 5.74) is 2.57. The molecule has 5 nitrogen and oxygen atoms in total. The van der Waals surface area contributed by atoms with Crippen LogP contribution < -0.4 is 10.0 Å². The van der Waals surface area contributed by atoms with Crippen molar-refractivity contribution >= 4 is 15.9 Å². The lowest BCUT2D eigenvalue weighted by Crippen LogP contribution is -2.24. The Morgan fingerprint density at radius 1 is 1.09 bits per heavy atom. The van der Waals surface area contributed by atoms with Crippen LogP contribution in [0.2, 0.25) is 0 Å². The number of hydrogen-bond donors (Lipinski definition) is 2. The molecule has 1 amide bonds. The van der Waals surface area contributed by atoms with Gasteiger partial charge in [-0.15, -0.1) is 0 Å². The van der Waals surface area contributed by atoms with Gasteiger partial charge < -0.3 is 5.32 Å². The van der Waals surface area contributed by atoms with Crippen molar-refractivity contribution < 1.29 is 13.2 Å². The second kappa shape index (κ2) is 8.26. The minimum Gasteiger partial charge on any atom is -0.348 e. The van der Waals surface area contributed by atoms with E-state index < -0.39 is 10.0 Å². The fraction of sp³-hybridized carbons (Fsp3) is 0.471. The number of rotatable bonds is 6. The van der Waals surface area contributed by atoms with Gasteiger partial charge in [0.25, 0.3) is 0 Å². The van der Waals surface area contributed by atoms with Gasteiger partial charge in [-0.2, -0.15) is 0 Å². The summed E-state index contributed by atoms with van der Waals surface area (Å²) < 4.78 is 25.3. The highest BCUT2D eigenvalue weighted by Crippen LogP contribution is 2.17. The molecule has 0 unspecified atom stereocenters. The molecular formula is C17H24N2O3S. The number of sulfonamides is 1. The fourth-order valence-electron chi connectivity index (χ4n) is 2.56. The van der Waals surface area contributed by atoms with Crippen molar-refractivity contribution in [1.82, 2.24) is 10.0 Å². The molecule has 2 rings (SSSR count). The molecule has 6 heteroatoms. The normalized spacial score (nSPS) is 15.6. The van der Waals surface area contributed by atoms with Crippen LogP contribution in [0, 0.1) is 0 Å². The maximum atomic E-state index is 12.2. The van der Waals surface area contributed by atoms with Crippen molar-refractivity contribution in [3.8, 4) is 0 Å². The van der Waals surface area contributed by atoms with Crippen molar-refractivity contribution in [2.75, 3.05) is 7.05 Å². The molecule has 126 valence electrons. The van der Waals surface area contributed by atoms with Gasteiger partial charge in [-0.3, -0.25) is 4.79 Å². The minimum absolute atomic E-state index is 0.00809. The number of nitrogens with one attached hydrogen (secondary N) is 2. The van der Waals surface area contributed by atoms with Crippen LogP contribution >= 0.6 is 0 Å². The summed E-state index contributed by atoms with van der Waals surface area (Å²) in [6.07, 6.45) is 7.31. The fourth-order valence-corrected chi connectivity index (χ4v) is 3.34. The first-order chi connectivity index (χ1) is 11.0. The van der Waals surface area contributed by atoms with Crippen LogP contribution in [0.4, 0.5) is 0 Å². The molecular weight excluding hydrogens is 312 g/mol. The number of carbonyl (C=O) groups excluding carboxylic acids is 1. The molecule has 1 aliphatic carbocycles. The van der Waals surface area contributed by atoms with Crippen molar-refractivity contribution in [1.29, 1.82) is 0 Å². The molecule has 0 saturated carbocycles. The highest BCUT2D eigenvalue weighted by molar-refractivity contribution is 7.88. The average Bonchev–Trinajstić information content (AvgIpc) is 2.83. The summed E-state index contributed by atoms with van der Waals surface area (Å²) in [5, 5.41) is 2.94. The van der Waals surface area contributed by atoms with E-state index in [1.807, 2.05) is 18.2 Å². The quantitative estimate of drug-likeness (QED) is 0.836. The van der Waals surface area contributed by atoms with Gasteiger partial charge in [0.15, 0.2) is 0 Å². The van der Waals surface area contributed by atoms with Crippen LogP contribution in [-0.2, 0) is 27.1 Å². The van der Waals surface area contributed by atoms with Crippen LogP contribution in [-0.4, -0.2) is 21.4 Å². The van der Waals surface area contributed by atoms with Crippen LogP contribution in [0.15, 0.2) is 35.9 Å². The zero-order valence-corrected chi connectivity index (χ0v) is 14.3. The monoisotopic (exact) mass is 336 g/mol. The third-order valence-electron chi connectivity index (χ3n) is 3.98. The van der Waals surface area contributed by atoms with Crippen LogP contribution in [0.1, 0.15) is 43.2 Å². The third-order valence-corrected chi connectivity index (χ3v) is 5.31. The number of hydrogen-bond acceptors (Lipinski definition) is 3. The smallest absolute Gasteiger partial charge is 0.247 e. The van der Waals surface area contributed by atoms with E-state index in [4.69, 9.17) is 0 Å². The Bertz CT molecular complexity index is 664. The maximum absolute atomic E-state index is 12.2. The summed E-state index contributed by atoms with van der Waals surface area (Å²) in [4.78, 5) is 12.2. The summed E-state index contributed by atoms with van der Waals surface area (Å²) in [7, 11) is -1.85. The van der Waals surface area contributed by atoms with E-state index in [-0.39, 0.29) is 11.7 Å². The highest BCUT2D eigenvalue weighted by Gasteiger charge is 2.11. The van der Waals surface area contributed by atoms with Crippen molar-refractivity contribution in [2.24, 2.45) is 0 Å². The zero-order chi connectivity index (χ0) is 16.7. The van der Waals surface area contributed by atoms with Gasteiger partial charge in [0.2, 0.25) is 15.9 Å². The zero-order valence-electron chi connectivity index (χ0n) is 13.5. The van der Waals surface area contributed by atoms with E-state index in [1.54, 1.807) is 12.1 Å². The molecule has 0 radical (unpaired) electrons. The minimum atomic E-state index is -3.26. The summed E-state index contributed by atoms with van der Waals surface area (Å²) in [6, 6.07) is 7.26. The number of benzene rings is 1. The molecule has 0 bridgehead atoms. The number of amides is 1. The van der Waals surface area contributed by atoms with Gasteiger partial charge in [-0.05, 0) is 43.9 Å². The summed E-state index contributed by atoms with van der Waals surface area (Å²) >= 11 is 0. The summed E-state index contributed by atoms with van der Waals surface area (Å²) in [5.74, 6) is -0.0306.